The zero-order valence-corrected chi connectivity index (χ0v) is 16.8. The number of benzene rings is 1. The van der Waals surface area contributed by atoms with Crippen molar-refractivity contribution in [2.75, 3.05) is 12.9 Å². The zero-order chi connectivity index (χ0) is 21.8. The van der Waals surface area contributed by atoms with Crippen molar-refractivity contribution in [3.8, 4) is 11.5 Å². The molecular weight excluding hydrogens is 402 g/mol. The van der Waals surface area contributed by atoms with E-state index in [9.17, 15) is 33.3 Å². The van der Waals surface area contributed by atoms with E-state index in [4.69, 9.17) is 4.74 Å². The van der Waals surface area contributed by atoms with Crippen LogP contribution in [0.15, 0.2) is 29.9 Å². The highest BCUT2D eigenvalue weighted by molar-refractivity contribution is 7.88. The number of carbonyl (C=O) groups is 2. The van der Waals surface area contributed by atoms with Gasteiger partial charge >= 0.3 is 5.97 Å². The highest BCUT2D eigenvalue weighted by atomic mass is 32.2. The molecule has 0 unspecified atom stereocenters. The van der Waals surface area contributed by atoms with E-state index >= 15 is 0 Å². The van der Waals surface area contributed by atoms with Crippen molar-refractivity contribution in [1.29, 1.82) is 0 Å². The van der Waals surface area contributed by atoms with Crippen molar-refractivity contribution >= 4 is 27.9 Å². The SMILES string of the molecule is C/C1=C/C(=O)[C@@H](O)[C@@H](NS(C)(=O)=O)C/C=C/c2cc(O)cc(O)c2C(=O)OCC1. The number of cyclic esters (lactones) is 1. The summed E-state index contributed by atoms with van der Waals surface area (Å²) in [5.41, 5.74) is 0.487. The number of fused-ring (bicyclic) bond motifs is 1. The molecule has 1 aromatic rings. The van der Waals surface area contributed by atoms with Crippen LogP contribution in [0.25, 0.3) is 6.08 Å². The standard InChI is InChI=1S/C19H23NO8S/c1-11-6-7-28-19(25)17-12(9-13(21)10-15(17)22)4-3-5-14(20-29(2,26)27)18(24)16(23)8-11/h3-4,8-10,14,18,20-22,24H,5-7H2,1-2H3/b4-3+,11-8-/t14-,18-/m0/s1. The van der Waals surface area contributed by atoms with Gasteiger partial charge < -0.3 is 20.1 Å². The van der Waals surface area contributed by atoms with Crippen molar-refractivity contribution in [2.24, 2.45) is 0 Å². The van der Waals surface area contributed by atoms with Crippen molar-refractivity contribution in [3.05, 3.63) is 41.0 Å². The Labute approximate surface area is 168 Å². The third-order valence-electron chi connectivity index (χ3n) is 4.18. The number of carbonyl (C=O) groups excluding carboxylic acids is 2. The van der Waals surface area contributed by atoms with E-state index in [0.29, 0.717) is 5.57 Å². The number of hydrogen-bond donors (Lipinski definition) is 4. The maximum Gasteiger partial charge on any atom is 0.342 e. The molecule has 2 rings (SSSR count). The number of rotatable bonds is 2. The molecule has 0 aromatic heterocycles. The van der Waals surface area contributed by atoms with Gasteiger partial charge in [0.05, 0.1) is 18.9 Å². The minimum absolute atomic E-state index is 0.0843. The Balaban J connectivity index is 2.50. The summed E-state index contributed by atoms with van der Waals surface area (Å²) in [6, 6.07) is 1.07. The summed E-state index contributed by atoms with van der Waals surface area (Å²) in [5.74, 6) is -2.27. The molecule has 0 saturated carbocycles. The second-order valence-electron chi connectivity index (χ2n) is 6.79. The number of phenols is 2. The number of nitrogens with one attached hydrogen (secondary N) is 1. The van der Waals surface area contributed by atoms with E-state index in [2.05, 4.69) is 4.72 Å². The number of esters is 1. The number of phenolic OH excluding ortho intramolecular Hbond substituents is 2. The largest absolute Gasteiger partial charge is 0.508 e. The van der Waals surface area contributed by atoms with Crippen LogP contribution in [0.3, 0.4) is 0 Å². The van der Waals surface area contributed by atoms with Gasteiger partial charge in [-0.3, -0.25) is 4.79 Å². The molecule has 9 nitrogen and oxygen atoms in total. The first-order chi connectivity index (χ1) is 13.5. The quantitative estimate of drug-likeness (QED) is 0.510. The molecule has 0 aliphatic carbocycles. The van der Waals surface area contributed by atoms with Crippen LogP contribution in [0.5, 0.6) is 11.5 Å². The molecule has 0 fully saturated rings. The van der Waals surface area contributed by atoms with Gasteiger partial charge in [0.2, 0.25) is 10.0 Å². The molecule has 0 bridgehead atoms. The molecule has 1 aliphatic heterocycles. The van der Waals surface area contributed by atoms with E-state index < -0.39 is 39.7 Å². The van der Waals surface area contributed by atoms with Crippen molar-refractivity contribution in [3.63, 3.8) is 0 Å². The number of aliphatic hydroxyl groups is 1. The van der Waals surface area contributed by atoms with Crippen molar-refractivity contribution in [2.45, 2.75) is 31.9 Å². The van der Waals surface area contributed by atoms with Crippen LogP contribution < -0.4 is 4.72 Å². The summed E-state index contributed by atoms with van der Waals surface area (Å²) in [5, 5.41) is 30.1. The maximum atomic E-state index is 12.4. The van der Waals surface area contributed by atoms with Gasteiger partial charge in [0.15, 0.2) is 5.78 Å². The van der Waals surface area contributed by atoms with Crippen LogP contribution in [-0.4, -0.2) is 60.5 Å². The van der Waals surface area contributed by atoms with Gasteiger partial charge in [0.25, 0.3) is 0 Å². The molecule has 158 valence electrons. The fraction of sp³-hybridized carbons (Fsp3) is 0.368. The molecule has 1 heterocycles. The van der Waals surface area contributed by atoms with Gasteiger partial charge in [-0.15, -0.1) is 0 Å². The topological polar surface area (TPSA) is 150 Å². The molecule has 1 aliphatic rings. The Morgan fingerprint density at radius 3 is 2.55 bits per heavy atom. The Morgan fingerprint density at radius 2 is 1.90 bits per heavy atom. The Hall–Kier alpha value is -2.69. The minimum Gasteiger partial charge on any atom is -0.508 e. The zero-order valence-electron chi connectivity index (χ0n) is 16.0. The summed E-state index contributed by atoms with van der Waals surface area (Å²) < 4.78 is 30.6. The molecule has 0 amide bonds. The number of aliphatic hydroxyl groups excluding tert-OH is 1. The smallest absolute Gasteiger partial charge is 0.342 e. The van der Waals surface area contributed by atoms with Gasteiger partial charge in [-0.25, -0.2) is 17.9 Å². The van der Waals surface area contributed by atoms with E-state index in [1.807, 2.05) is 0 Å². The van der Waals surface area contributed by atoms with Crippen LogP contribution in [0, 0.1) is 0 Å². The van der Waals surface area contributed by atoms with E-state index in [1.165, 1.54) is 24.3 Å². The van der Waals surface area contributed by atoms with Crippen LogP contribution >= 0.6 is 0 Å². The Bertz CT molecular complexity index is 965. The maximum absolute atomic E-state index is 12.4. The predicted molar refractivity (Wildman–Crippen MR) is 105 cm³/mol. The molecule has 4 N–H and O–H groups in total. The third-order valence-corrected chi connectivity index (χ3v) is 4.91. The minimum atomic E-state index is -3.73. The summed E-state index contributed by atoms with van der Waals surface area (Å²) in [4.78, 5) is 24.7. The first-order valence-corrected chi connectivity index (χ1v) is 10.6. The Kier molecular flexibility index (Phi) is 7.17. The van der Waals surface area contributed by atoms with E-state index in [-0.39, 0.29) is 36.3 Å². The summed E-state index contributed by atoms with van der Waals surface area (Å²) in [6.07, 6.45) is 3.31. The second kappa shape index (κ2) is 9.21. The molecule has 29 heavy (non-hydrogen) atoms. The number of hydrogen-bond acceptors (Lipinski definition) is 8. The van der Waals surface area contributed by atoms with Crippen LogP contribution in [0.4, 0.5) is 0 Å². The molecular formula is C19H23NO8S. The summed E-state index contributed by atoms with van der Waals surface area (Å²) >= 11 is 0. The van der Waals surface area contributed by atoms with Crippen LogP contribution in [0.1, 0.15) is 35.7 Å². The van der Waals surface area contributed by atoms with E-state index in [1.54, 1.807) is 6.92 Å². The molecule has 0 spiro atoms. The average molecular weight is 425 g/mol. The van der Waals surface area contributed by atoms with Crippen LogP contribution in [0.2, 0.25) is 0 Å². The van der Waals surface area contributed by atoms with Crippen molar-refractivity contribution < 1.29 is 38.1 Å². The van der Waals surface area contributed by atoms with E-state index in [0.717, 1.165) is 12.3 Å². The fourth-order valence-electron chi connectivity index (χ4n) is 2.82. The highest BCUT2D eigenvalue weighted by Crippen LogP contribution is 2.29. The van der Waals surface area contributed by atoms with Gasteiger partial charge in [-0.1, -0.05) is 17.7 Å². The second-order valence-corrected chi connectivity index (χ2v) is 8.57. The first kappa shape index (κ1) is 22.6. The lowest BCUT2D eigenvalue weighted by atomic mass is 10.00. The van der Waals surface area contributed by atoms with Crippen LogP contribution in [-0.2, 0) is 19.6 Å². The summed E-state index contributed by atoms with van der Waals surface area (Å²) in [7, 11) is -3.73. The normalized spacial score (nSPS) is 24.6. The first-order valence-electron chi connectivity index (χ1n) is 8.74. The fourth-order valence-corrected chi connectivity index (χ4v) is 3.60. The number of ether oxygens (including phenoxy) is 1. The molecule has 0 radical (unpaired) electrons. The third kappa shape index (κ3) is 6.41. The highest BCUT2D eigenvalue weighted by Gasteiger charge is 2.27. The molecule has 2 atom stereocenters. The summed E-state index contributed by atoms with van der Waals surface area (Å²) in [6.45, 7) is 1.52. The Morgan fingerprint density at radius 1 is 1.21 bits per heavy atom. The molecule has 10 heteroatoms. The molecule has 0 saturated heterocycles. The number of ketones is 1. The van der Waals surface area contributed by atoms with Crippen molar-refractivity contribution in [1.82, 2.24) is 4.72 Å². The predicted octanol–water partition coefficient (Wildman–Crippen LogP) is 0.856. The lowest BCUT2D eigenvalue weighted by Crippen LogP contribution is -2.45. The lowest BCUT2D eigenvalue weighted by Gasteiger charge is -2.20. The molecule has 1 aromatic carbocycles. The van der Waals surface area contributed by atoms with Gasteiger partial charge in [-0.2, -0.15) is 0 Å². The lowest BCUT2D eigenvalue weighted by molar-refractivity contribution is -0.123. The average Bonchev–Trinajstić information content (AvgIpc) is 2.57. The van der Waals surface area contributed by atoms with Gasteiger partial charge in [0, 0.05) is 12.5 Å². The van der Waals surface area contributed by atoms with Gasteiger partial charge in [0.1, 0.15) is 23.2 Å². The monoisotopic (exact) mass is 425 g/mol. The van der Waals surface area contributed by atoms with Gasteiger partial charge in [-0.05, 0) is 31.1 Å². The number of aromatic hydroxyl groups is 2. The number of sulfonamides is 1.